The Bertz CT molecular complexity index is 632. The first-order valence-electron chi connectivity index (χ1n) is 7.56. The van der Waals surface area contributed by atoms with Crippen molar-refractivity contribution in [1.29, 1.82) is 0 Å². The van der Waals surface area contributed by atoms with Crippen molar-refractivity contribution in [2.24, 2.45) is 0 Å². The topological polar surface area (TPSA) is 42.8 Å². The minimum atomic E-state index is -0.125. The summed E-state index contributed by atoms with van der Waals surface area (Å²) in [6.07, 6.45) is 0. The lowest BCUT2D eigenvalue weighted by Crippen LogP contribution is -3.06. The Morgan fingerprint density at radius 2 is 1.91 bits per heavy atom. The highest BCUT2D eigenvalue weighted by atomic mass is 79.9. The van der Waals surface area contributed by atoms with Crippen LogP contribution in [0.1, 0.15) is 11.6 Å². The fourth-order valence-electron chi connectivity index (χ4n) is 2.29. The Kier molecular flexibility index (Phi) is 6.62. The Hall–Kier alpha value is -1.85. The lowest BCUT2D eigenvalue weighted by atomic mass is 10.1. The molecule has 2 N–H and O–H groups in total. The van der Waals surface area contributed by atoms with E-state index >= 15 is 0 Å². The van der Waals surface area contributed by atoms with Gasteiger partial charge in [-0.15, -0.1) is 0 Å². The lowest BCUT2D eigenvalue weighted by Gasteiger charge is -2.21. The normalized spacial score (nSPS) is 12.0. The second-order valence-corrected chi connectivity index (χ2v) is 6.60. The van der Waals surface area contributed by atoms with E-state index in [1.165, 1.54) is 4.90 Å². The van der Waals surface area contributed by atoms with Crippen LogP contribution in [0, 0.1) is 0 Å². The SMILES string of the molecule is C[NH+](C)C[C@@H](NC(=O)COc1cccc(Br)c1)c1ccccc1. The molecule has 0 spiro atoms. The standard InChI is InChI=1S/C18H21BrN2O2/c1-21(2)12-17(14-7-4-3-5-8-14)20-18(22)13-23-16-10-6-9-15(19)11-16/h3-11,17H,12-13H2,1-2H3,(H,20,22)/p+1/t17-/m1/s1. The van der Waals surface area contributed by atoms with Crippen LogP contribution < -0.4 is 15.0 Å². The molecule has 0 aromatic heterocycles. The number of benzene rings is 2. The molecule has 0 heterocycles. The lowest BCUT2D eigenvalue weighted by molar-refractivity contribution is -0.860. The van der Waals surface area contributed by atoms with Gasteiger partial charge in [0.25, 0.3) is 5.91 Å². The van der Waals surface area contributed by atoms with E-state index in [1.54, 1.807) is 0 Å². The van der Waals surface area contributed by atoms with E-state index in [9.17, 15) is 4.79 Å². The van der Waals surface area contributed by atoms with E-state index in [4.69, 9.17) is 4.74 Å². The molecule has 0 aliphatic rings. The van der Waals surface area contributed by atoms with Crippen LogP contribution in [0.15, 0.2) is 59.1 Å². The zero-order valence-electron chi connectivity index (χ0n) is 13.4. The third-order valence-corrected chi connectivity index (χ3v) is 3.81. The maximum absolute atomic E-state index is 12.2. The number of hydrogen-bond donors (Lipinski definition) is 2. The molecule has 23 heavy (non-hydrogen) atoms. The first-order chi connectivity index (χ1) is 11.0. The summed E-state index contributed by atoms with van der Waals surface area (Å²) in [5.41, 5.74) is 1.10. The minimum Gasteiger partial charge on any atom is -0.484 e. The summed E-state index contributed by atoms with van der Waals surface area (Å²) in [6, 6.07) is 17.4. The van der Waals surface area contributed by atoms with Crippen LogP contribution >= 0.6 is 15.9 Å². The third-order valence-electron chi connectivity index (χ3n) is 3.32. The van der Waals surface area contributed by atoms with Gasteiger partial charge in [0.05, 0.1) is 14.1 Å². The Morgan fingerprint density at radius 3 is 2.57 bits per heavy atom. The predicted molar refractivity (Wildman–Crippen MR) is 94.6 cm³/mol. The molecule has 2 aromatic rings. The van der Waals surface area contributed by atoms with Crippen molar-refractivity contribution in [1.82, 2.24) is 5.32 Å². The van der Waals surface area contributed by atoms with Crippen LogP contribution in [0.3, 0.4) is 0 Å². The molecule has 0 saturated carbocycles. The highest BCUT2D eigenvalue weighted by Gasteiger charge is 2.17. The van der Waals surface area contributed by atoms with Gasteiger partial charge in [-0.2, -0.15) is 0 Å². The molecule has 0 unspecified atom stereocenters. The van der Waals surface area contributed by atoms with Gasteiger partial charge in [-0.1, -0.05) is 52.3 Å². The van der Waals surface area contributed by atoms with Crippen LogP contribution in [0.2, 0.25) is 0 Å². The van der Waals surface area contributed by atoms with Crippen LogP contribution in [0.5, 0.6) is 5.75 Å². The summed E-state index contributed by atoms with van der Waals surface area (Å²) in [4.78, 5) is 13.5. The first kappa shape index (κ1) is 17.5. The van der Waals surface area contributed by atoms with Crippen molar-refractivity contribution in [3.63, 3.8) is 0 Å². The molecule has 0 aliphatic carbocycles. The zero-order valence-corrected chi connectivity index (χ0v) is 15.0. The highest BCUT2D eigenvalue weighted by Crippen LogP contribution is 2.17. The molecule has 0 saturated heterocycles. The smallest absolute Gasteiger partial charge is 0.258 e. The summed E-state index contributed by atoms with van der Waals surface area (Å²) in [7, 11) is 4.14. The molecular weight excluding hydrogens is 356 g/mol. The summed E-state index contributed by atoms with van der Waals surface area (Å²) in [5.74, 6) is 0.545. The van der Waals surface area contributed by atoms with Crippen molar-refractivity contribution >= 4 is 21.8 Å². The number of rotatable bonds is 7. The molecular formula is C18H22BrN2O2+. The summed E-state index contributed by atoms with van der Waals surface area (Å²) in [5, 5.41) is 3.05. The molecule has 2 rings (SSSR count). The molecule has 2 aromatic carbocycles. The molecule has 0 aliphatic heterocycles. The number of ether oxygens (including phenoxy) is 1. The second kappa shape index (κ2) is 8.70. The van der Waals surface area contributed by atoms with Crippen molar-refractivity contribution in [3.8, 4) is 5.75 Å². The van der Waals surface area contributed by atoms with Gasteiger partial charge in [0.15, 0.2) is 6.61 Å². The summed E-state index contributed by atoms with van der Waals surface area (Å²) >= 11 is 3.38. The van der Waals surface area contributed by atoms with Crippen LogP contribution in [0.25, 0.3) is 0 Å². The summed E-state index contributed by atoms with van der Waals surface area (Å²) in [6.45, 7) is 0.815. The second-order valence-electron chi connectivity index (χ2n) is 5.69. The van der Waals surface area contributed by atoms with Crippen molar-refractivity contribution in [2.45, 2.75) is 6.04 Å². The van der Waals surface area contributed by atoms with Gasteiger partial charge in [-0.25, -0.2) is 0 Å². The van der Waals surface area contributed by atoms with Gasteiger partial charge < -0.3 is 15.0 Å². The molecule has 0 bridgehead atoms. The van der Waals surface area contributed by atoms with Crippen LogP contribution in [0.4, 0.5) is 0 Å². The van der Waals surface area contributed by atoms with Gasteiger partial charge in [0, 0.05) is 4.47 Å². The van der Waals surface area contributed by atoms with Crippen LogP contribution in [-0.4, -0.2) is 33.2 Å². The van der Waals surface area contributed by atoms with Crippen molar-refractivity contribution in [3.05, 3.63) is 64.6 Å². The molecule has 1 atom stereocenters. The van der Waals surface area contributed by atoms with E-state index in [0.29, 0.717) is 5.75 Å². The predicted octanol–water partition coefficient (Wildman–Crippen LogP) is 1.83. The number of amides is 1. The number of quaternary nitrogens is 1. The number of carbonyl (C=O) groups excluding carboxylic acids is 1. The number of likely N-dealkylation sites (N-methyl/N-ethyl adjacent to an activating group) is 1. The summed E-state index contributed by atoms with van der Waals surface area (Å²) < 4.78 is 6.47. The molecule has 1 amide bonds. The van der Waals surface area contributed by atoms with Gasteiger partial charge in [-0.05, 0) is 23.8 Å². The minimum absolute atomic E-state index is 0.00253. The maximum Gasteiger partial charge on any atom is 0.258 e. The number of hydrogen-bond acceptors (Lipinski definition) is 2. The third kappa shape index (κ3) is 6.04. The highest BCUT2D eigenvalue weighted by molar-refractivity contribution is 9.10. The maximum atomic E-state index is 12.2. The van der Waals surface area contributed by atoms with Gasteiger partial charge in [0.2, 0.25) is 0 Å². The first-order valence-corrected chi connectivity index (χ1v) is 8.35. The number of nitrogens with one attached hydrogen (secondary N) is 2. The average Bonchev–Trinajstić information content (AvgIpc) is 2.53. The molecule has 0 fully saturated rings. The fraction of sp³-hybridized carbons (Fsp3) is 0.278. The van der Waals surface area contributed by atoms with Gasteiger partial charge in [-0.3, -0.25) is 4.79 Å². The van der Waals surface area contributed by atoms with Gasteiger partial charge >= 0.3 is 0 Å². The zero-order chi connectivity index (χ0) is 16.7. The monoisotopic (exact) mass is 377 g/mol. The van der Waals surface area contributed by atoms with Crippen molar-refractivity contribution in [2.75, 3.05) is 27.2 Å². The van der Waals surface area contributed by atoms with Crippen LogP contribution in [-0.2, 0) is 4.79 Å². The van der Waals surface area contributed by atoms with E-state index in [1.807, 2.05) is 54.6 Å². The molecule has 122 valence electrons. The Labute approximate surface area is 145 Å². The van der Waals surface area contributed by atoms with Crippen molar-refractivity contribution < 1.29 is 14.4 Å². The fourth-order valence-corrected chi connectivity index (χ4v) is 2.67. The van der Waals surface area contributed by atoms with E-state index in [2.05, 4.69) is 35.3 Å². The largest absolute Gasteiger partial charge is 0.484 e. The van der Waals surface area contributed by atoms with E-state index in [-0.39, 0.29) is 18.6 Å². The van der Waals surface area contributed by atoms with Gasteiger partial charge in [0.1, 0.15) is 18.3 Å². The molecule has 5 heteroatoms. The average molecular weight is 378 g/mol. The quantitative estimate of drug-likeness (QED) is 0.772. The molecule has 4 nitrogen and oxygen atoms in total. The Balaban J connectivity index is 1.95. The number of carbonyl (C=O) groups is 1. The van der Waals surface area contributed by atoms with E-state index < -0.39 is 0 Å². The van der Waals surface area contributed by atoms with E-state index in [0.717, 1.165) is 16.6 Å². The molecule has 0 radical (unpaired) electrons. The number of halogens is 1. The Morgan fingerprint density at radius 1 is 1.17 bits per heavy atom.